The van der Waals surface area contributed by atoms with E-state index in [1.165, 1.54) is 12.1 Å². The SMILES string of the molecule is CCCNCCNC(=O)c1cc(C)cc(F)c1.Cl. The summed E-state index contributed by atoms with van der Waals surface area (Å²) in [6.07, 6.45) is 1.07. The standard InChI is InChI=1S/C13H19FN2O.ClH/c1-3-4-15-5-6-16-13(17)11-7-10(2)8-12(14)9-11;/h7-9,15H,3-6H2,1-2H3,(H,16,17);1H. The van der Waals surface area contributed by atoms with Crippen molar-refractivity contribution in [1.29, 1.82) is 0 Å². The molecule has 0 fully saturated rings. The van der Waals surface area contributed by atoms with E-state index in [9.17, 15) is 9.18 Å². The van der Waals surface area contributed by atoms with Gasteiger partial charge in [0.05, 0.1) is 0 Å². The van der Waals surface area contributed by atoms with Gasteiger partial charge in [-0.1, -0.05) is 6.92 Å². The molecule has 1 aromatic rings. The first-order valence-electron chi connectivity index (χ1n) is 5.89. The molecule has 0 heterocycles. The third-order valence-corrected chi connectivity index (χ3v) is 2.32. The minimum Gasteiger partial charge on any atom is -0.351 e. The van der Waals surface area contributed by atoms with Gasteiger partial charge in [0.2, 0.25) is 0 Å². The highest BCUT2D eigenvalue weighted by Gasteiger charge is 2.06. The van der Waals surface area contributed by atoms with Crippen LogP contribution in [0.3, 0.4) is 0 Å². The quantitative estimate of drug-likeness (QED) is 0.782. The fourth-order valence-corrected chi connectivity index (χ4v) is 1.54. The highest BCUT2D eigenvalue weighted by atomic mass is 35.5. The maximum atomic E-state index is 13.1. The Hall–Kier alpha value is -1.13. The van der Waals surface area contributed by atoms with Crippen molar-refractivity contribution in [3.63, 3.8) is 0 Å². The fraction of sp³-hybridized carbons (Fsp3) is 0.462. The Morgan fingerprint density at radius 2 is 1.94 bits per heavy atom. The van der Waals surface area contributed by atoms with Gasteiger partial charge in [-0.05, 0) is 43.7 Å². The molecule has 1 amide bonds. The van der Waals surface area contributed by atoms with Gasteiger partial charge in [0.25, 0.3) is 5.91 Å². The van der Waals surface area contributed by atoms with Crippen molar-refractivity contribution in [3.8, 4) is 0 Å². The van der Waals surface area contributed by atoms with E-state index in [1.54, 1.807) is 13.0 Å². The zero-order valence-electron chi connectivity index (χ0n) is 10.8. The normalized spacial score (nSPS) is 9.72. The first kappa shape index (κ1) is 16.9. The largest absolute Gasteiger partial charge is 0.351 e. The maximum Gasteiger partial charge on any atom is 0.251 e. The van der Waals surface area contributed by atoms with E-state index in [1.807, 2.05) is 0 Å². The summed E-state index contributed by atoms with van der Waals surface area (Å²) < 4.78 is 13.1. The van der Waals surface area contributed by atoms with Crippen LogP contribution in [0.1, 0.15) is 29.3 Å². The molecule has 1 aromatic carbocycles. The second-order valence-electron chi connectivity index (χ2n) is 4.02. The molecule has 18 heavy (non-hydrogen) atoms. The Balaban J connectivity index is 0.00000289. The Bertz CT molecular complexity index is 365. The second kappa shape index (κ2) is 8.89. The number of rotatable bonds is 6. The van der Waals surface area contributed by atoms with Gasteiger partial charge < -0.3 is 10.6 Å². The van der Waals surface area contributed by atoms with E-state index in [4.69, 9.17) is 0 Å². The van der Waals surface area contributed by atoms with Crippen LogP contribution >= 0.6 is 12.4 Å². The third kappa shape index (κ3) is 5.98. The zero-order valence-corrected chi connectivity index (χ0v) is 11.6. The van der Waals surface area contributed by atoms with Gasteiger partial charge in [-0.3, -0.25) is 4.79 Å². The van der Waals surface area contributed by atoms with Crippen LogP contribution in [0.25, 0.3) is 0 Å². The molecule has 0 aliphatic heterocycles. The van der Waals surface area contributed by atoms with E-state index in [0.29, 0.717) is 12.1 Å². The van der Waals surface area contributed by atoms with Crippen molar-refractivity contribution in [2.24, 2.45) is 0 Å². The highest BCUT2D eigenvalue weighted by molar-refractivity contribution is 5.94. The minimum absolute atomic E-state index is 0. The average molecular weight is 275 g/mol. The number of carbonyl (C=O) groups is 1. The molecule has 5 heteroatoms. The molecule has 0 spiro atoms. The number of hydrogen-bond donors (Lipinski definition) is 2. The smallest absolute Gasteiger partial charge is 0.251 e. The topological polar surface area (TPSA) is 41.1 Å². The molecule has 0 aliphatic carbocycles. The molecule has 0 bridgehead atoms. The maximum absolute atomic E-state index is 13.1. The van der Waals surface area contributed by atoms with Crippen LogP contribution < -0.4 is 10.6 Å². The van der Waals surface area contributed by atoms with Gasteiger partial charge in [-0.15, -0.1) is 12.4 Å². The molecular weight excluding hydrogens is 255 g/mol. The molecule has 3 nitrogen and oxygen atoms in total. The van der Waals surface area contributed by atoms with Gasteiger partial charge in [0.1, 0.15) is 5.82 Å². The highest BCUT2D eigenvalue weighted by Crippen LogP contribution is 2.07. The number of carbonyl (C=O) groups excluding carboxylic acids is 1. The van der Waals surface area contributed by atoms with Gasteiger partial charge in [-0.2, -0.15) is 0 Å². The molecule has 0 atom stereocenters. The lowest BCUT2D eigenvalue weighted by Crippen LogP contribution is -2.32. The van der Waals surface area contributed by atoms with Gasteiger partial charge in [-0.25, -0.2) is 4.39 Å². The molecule has 0 saturated carbocycles. The second-order valence-corrected chi connectivity index (χ2v) is 4.02. The van der Waals surface area contributed by atoms with Crippen LogP contribution in [-0.2, 0) is 0 Å². The van der Waals surface area contributed by atoms with Crippen molar-refractivity contribution in [2.75, 3.05) is 19.6 Å². The first-order valence-corrected chi connectivity index (χ1v) is 5.89. The number of amides is 1. The van der Waals surface area contributed by atoms with E-state index in [-0.39, 0.29) is 24.1 Å². The summed E-state index contributed by atoms with van der Waals surface area (Å²) in [5.74, 6) is -0.606. The summed E-state index contributed by atoms with van der Waals surface area (Å²) in [5, 5.41) is 5.92. The van der Waals surface area contributed by atoms with E-state index in [2.05, 4.69) is 17.6 Å². The Labute approximate surface area is 114 Å². The van der Waals surface area contributed by atoms with Crippen LogP contribution in [-0.4, -0.2) is 25.5 Å². The van der Waals surface area contributed by atoms with Crippen molar-refractivity contribution in [1.82, 2.24) is 10.6 Å². The molecular formula is C13H20ClFN2O. The summed E-state index contributed by atoms with van der Waals surface area (Å²) in [4.78, 5) is 11.7. The number of hydrogen-bond acceptors (Lipinski definition) is 2. The predicted octanol–water partition coefficient (Wildman–Crippen LogP) is 2.29. The van der Waals surface area contributed by atoms with E-state index in [0.717, 1.165) is 25.1 Å². The number of benzene rings is 1. The lowest BCUT2D eigenvalue weighted by molar-refractivity contribution is 0.0953. The number of halogens is 2. The van der Waals surface area contributed by atoms with Gasteiger partial charge in [0, 0.05) is 18.7 Å². The lowest BCUT2D eigenvalue weighted by Gasteiger charge is -2.07. The Kier molecular flexibility index (Phi) is 8.33. The average Bonchev–Trinajstić information content (AvgIpc) is 2.27. The van der Waals surface area contributed by atoms with Crippen molar-refractivity contribution in [2.45, 2.75) is 20.3 Å². The Morgan fingerprint density at radius 3 is 2.56 bits per heavy atom. The van der Waals surface area contributed by atoms with Crippen LogP contribution in [0.5, 0.6) is 0 Å². The number of nitrogens with one attached hydrogen (secondary N) is 2. The Morgan fingerprint density at radius 1 is 1.22 bits per heavy atom. The van der Waals surface area contributed by atoms with E-state index >= 15 is 0 Å². The fourth-order valence-electron chi connectivity index (χ4n) is 1.54. The summed E-state index contributed by atoms with van der Waals surface area (Å²) in [7, 11) is 0. The monoisotopic (exact) mass is 274 g/mol. The molecule has 1 rings (SSSR count). The van der Waals surface area contributed by atoms with Crippen LogP contribution in [0.15, 0.2) is 18.2 Å². The molecule has 2 N–H and O–H groups in total. The van der Waals surface area contributed by atoms with Crippen molar-refractivity contribution in [3.05, 3.63) is 35.1 Å². The molecule has 102 valence electrons. The molecule has 0 radical (unpaired) electrons. The summed E-state index contributed by atoms with van der Waals surface area (Å²) in [5.41, 5.74) is 1.12. The zero-order chi connectivity index (χ0) is 12.7. The minimum atomic E-state index is -0.376. The van der Waals surface area contributed by atoms with Crippen LogP contribution in [0.2, 0.25) is 0 Å². The predicted molar refractivity (Wildman–Crippen MR) is 73.9 cm³/mol. The lowest BCUT2D eigenvalue weighted by atomic mass is 10.1. The van der Waals surface area contributed by atoms with Gasteiger partial charge >= 0.3 is 0 Å². The van der Waals surface area contributed by atoms with Crippen LogP contribution in [0, 0.1) is 12.7 Å². The first-order chi connectivity index (χ1) is 8.13. The molecule has 0 aliphatic rings. The summed E-state index contributed by atoms with van der Waals surface area (Å²) >= 11 is 0. The molecule has 0 unspecified atom stereocenters. The molecule has 0 saturated heterocycles. The summed E-state index contributed by atoms with van der Waals surface area (Å²) in [6, 6.07) is 4.33. The van der Waals surface area contributed by atoms with Crippen molar-refractivity contribution >= 4 is 18.3 Å². The summed E-state index contributed by atoms with van der Waals surface area (Å²) in [6.45, 7) is 6.07. The number of aryl methyl sites for hydroxylation is 1. The molecule has 0 aromatic heterocycles. The van der Waals surface area contributed by atoms with Crippen molar-refractivity contribution < 1.29 is 9.18 Å². The van der Waals surface area contributed by atoms with Crippen LogP contribution in [0.4, 0.5) is 4.39 Å². The van der Waals surface area contributed by atoms with E-state index < -0.39 is 0 Å². The van der Waals surface area contributed by atoms with Gasteiger partial charge in [0.15, 0.2) is 0 Å². The third-order valence-electron chi connectivity index (χ3n) is 2.32.